The number of unbranched alkanes of at least 4 members (excludes halogenated alkanes) is 30. The summed E-state index contributed by atoms with van der Waals surface area (Å²) >= 11 is 0. The van der Waals surface area contributed by atoms with Gasteiger partial charge in [-0.15, -0.1) is 0 Å². The molecule has 0 unspecified atom stereocenters. The minimum atomic E-state index is -0.780. The lowest BCUT2D eigenvalue weighted by molar-refractivity contribution is -0.167. The number of allylic oxidation sites excluding steroid dienone is 8. The van der Waals surface area contributed by atoms with E-state index in [1.807, 2.05) is 0 Å². The van der Waals surface area contributed by atoms with E-state index in [1.54, 1.807) is 0 Å². The Hall–Kier alpha value is -2.63. The zero-order valence-electron chi connectivity index (χ0n) is 41.8. The molecule has 0 aromatic carbocycles. The second-order valence-electron chi connectivity index (χ2n) is 18.1. The van der Waals surface area contributed by atoms with Crippen LogP contribution in [0.3, 0.4) is 0 Å². The highest BCUT2D eigenvalue weighted by Crippen LogP contribution is 2.15. The summed E-state index contributed by atoms with van der Waals surface area (Å²) in [4.78, 5) is 38.0. The van der Waals surface area contributed by atoms with Gasteiger partial charge in [0.15, 0.2) is 6.10 Å². The standard InChI is InChI=1S/C57H102O6/c1-4-7-10-13-16-19-22-24-26-27-28-29-31-32-35-38-41-44-47-50-56(59)62-53-54(52-61-55(58)49-46-43-40-37-34-21-18-15-12-9-6-3)63-57(60)51-48-45-42-39-36-33-30-25-23-20-17-14-11-8-5-2/h8,11,17,20,25,27-28,30,54H,4-7,9-10,12-16,18-19,21-24,26,29,31-53H2,1-3H3/b11-8-,20-17-,28-27-,30-25-/t54-/m1/s1. The molecular weight excluding hydrogens is 781 g/mol. The first-order chi connectivity index (χ1) is 31.0. The summed E-state index contributed by atoms with van der Waals surface area (Å²) in [6.45, 7) is 6.52. The Morgan fingerprint density at radius 1 is 0.333 bits per heavy atom. The Kier molecular flexibility index (Phi) is 49.8. The van der Waals surface area contributed by atoms with Gasteiger partial charge in [-0.1, -0.05) is 230 Å². The maximum Gasteiger partial charge on any atom is 0.306 e. The van der Waals surface area contributed by atoms with Crippen LogP contribution in [0.2, 0.25) is 0 Å². The molecule has 0 N–H and O–H groups in total. The van der Waals surface area contributed by atoms with Crippen molar-refractivity contribution in [2.45, 2.75) is 284 Å². The number of esters is 3. The summed E-state index contributed by atoms with van der Waals surface area (Å²) in [5.74, 6) is -0.892. The maximum absolute atomic E-state index is 12.8. The van der Waals surface area contributed by atoms with E-state index in [-0.39, 0.29) is 31.1 Å². The molecule has 0 aliphatic carbocycles. The first-order valence-electron chi connectivity index (χ1n) is 27.1. The molecule has 0 aromatic rings. The van der Waals surface area contributed by atoms with Crippen LogP contribution in [-0.2, 0) is 28.6 Å². The van der Waals surface area contributed by atoms with E-state index in [2.05, 4.69) is 69.4 Å². The van der Waals surface area contributed by atoms with Crippen molar-refractivity contribution in [2.75, 3.05) is 13.2 Å². The second kappa shape index (κ2) is 52.0. The molecule has 0 fully saturated rings. The van der Waals surface area contributed by atoms with Crippen molar-refractivity contribution in [1.82, 2.24) is 0 Å². The predicted molar refractivity (Wildman–Crippen MR) is 270 cm³/mol. The van der Waals surface area contributed by atoms with Gasteiger partial charge < -0.3 is 14.2 Å². The van der Waals surface area contributed by atoms with E-state index in [9.17, 15) is 14.4 Å². The van der Waals surface area contributed by atoms with Crippen LogP contribution >= 0.6 is 0 Å². The molecule has 1 atom stereocenters. The molecule has 0 saturated carbocycles. The van der Waals surface area contributed by atoms with Crippen LogP contribution in [0.25, 0.3) is 0 Å². The van der Waals surface area contributed by atoms with E-state index in [1.165, 1.54) is 141 Å². The Labute approximate surface area is 390 Å². The van der Waals surface area contributed by atoms with Gasteiger partial charge in [0.1, 0.15) is 13.2 Å². The van der Waals surface area contributed by atoms with Gasteiger partial charge in [0.05, 0.1) is 0 Å². The highest BCUT2D eigenvalue weighted by atomic mass is 16.6. The Morgan fingerprint density at radius 2 is 0.619 bits per heavy atom. The summed E-state index contributed by atoms with van der Waals surface area (Å²) in [6, 6.07) is 0. The topological polar surface area (TPSA) is 78.9 Å². The molecule has 6 nitrogen and oxygen atoms in total. The van der Waals surface area contributed by atoms with Crippen molar-refractivity contribution >= 4 is 17.9 Å². The summed E-state index contributed by atoms with van der Waals surface area (Å²) < 4.78 is 16.8. The third-order valence-corrected chi connectivity index (χ3v) is 11.8. The van der Waals surface area contributed by atoms with Gasteiger partial charge in [-0.25, -0.2) is 0 Å². The highest BCUT2D eigenvalue weighted by Gasteiger charge is 2.19. The number of carbonyl (C=O) groups is 3. The molecule has 0 spiro atoms. The third-order valence-electron chi connectivity index (χ3n) is 11.8. The fraction of sp³-hybridized carbons (Fsp3) is 0.807. The van der Waals surface area contributed by atoms with Crippen molar-refractivity contribution in [3.8, 4) is 0 Å². The molecule has 0 aliphatic rings. The van der Waals surface area contributed by atoms with Crippen molar-refractivity contribution < 1.29 is 28.6 Å². The molecule has 0 bridgehead atoms. The monoisotopic (exact) mass is 883 g/mol. The second-order valence-corrected chi connectivity index (χ2v) is 18.1. The van der Waals surface area contributed by atoms with Gasteiger partial charge >= 0.3 is 17.9 Å². The number of ether oxygens (including phenoxy) is 3. The van der Waals surface area contributed by atoms with Crippen LogP contribution in [0.15, 0.2) is 48.6 Å². The van der Waals surface area contributed by atoms with Gasteiger partial charge in [-0.2, -0.15) is 0 Å². The van der Waals surface area contributed by atoms with Gasteiger partial charge in [0.2, 0.25) is 0 Å². The first kappa shape index (κ1) is 60.4. The van der Waals surface area contributed by atoms with E-state index < -0.39 is 6.10 Å². The number of carbonyl (C=O) groups excluding carboxylic acids is 3. The number of hydrogen-bond donors (Lipinski definition) is 0. The van der Waals surface area contributed by atoms with Crippen LogP contribution in [0.5, 0.6) is 0 Å². The summed E-state index contributed by atoms with van der Waals surface area (Å²) in [6.07, 6.45) is 62.4. The first-order valence-corrected chi connectivity index (χ1v) is 27.1. The van der Waals surface area contributed by atoms with Gasteiger partial charge in [-0.05, 0) is 77.0 Å². The molecule has 6 heteroatoms. The molecule has 63 heavy (non-hydrogen) atoms. The predicted octanol–water partition coefficient (Wildman–Crippen LogP) is 17.9. The lowest BCUT2D eigenvalue weighted by atomic mass is 10.1. The number of rotatable bonds is 49. The summed E-state index contributed by atoms with van der Waals surface area (Å²) in [5.41, 5.74) is 0. The van der Waals surface area contributed by atoms with Crippen molar-refractivity contribution in [3.05, 3.63) is 48.6 Å². The minimum Gasteiger partial charge on any atom is -0.462 e. The Morgan fingerprint density at radius 3 is 0.984 bits per heavy atom. The van der Waals surface area contributed by atoms with Gasteiger partial charge in [0, 0.05) is 19.3 Å². The Bertz CT molecular complexity index is 1110. The molecule has 0 rings (SSSR count). The normalized spacial score (nSPS) is 12.4. The van der Waals surface area contributed by atoms with E-state index in [0.29, 0.717) is 19.3 Å². The molecule has 0 aliphatic heterocycles. The summed E-state index contributed by atoms with van der Waals surface area (Å²) in [5, 5.41) is 0. The van der Waals surface area contributed by atoms with Gasteiger partial charge in [0.25, 0.3) is 0 Å². The molecule has 0 saturated heterocycles. The fourth-order valence-corrected chi connectivity index (χ4v) is 7.75. The van der Waals surface area contributed by atoms with E-state index in [4.69, 9.17) is 14.2 Å². The van der Waals surface area contributed by atoms with Crippen molar-refractivity contribution in [1.29, 1.82) is 0 Å². The Balaban J connectivity index is 4.34. The molecule has 366 valence electrons. The fourth-order valence-electron chi connectivity index (χ4n) is 7.75. The zero-order valence-corrected chi connectivity index (χ0v) is 41.8. The average molecular weight is 883 g/mol. The quantitative estimate of drug-likeness (QED) is 0.0262. The van der Waals surface area contributed by atoms with Crippen LogP contribution in [0, 0.1) is 0 Å². The molecular formula is C57H102O6. The van der Waals surface area contributed by atoms with Crippen molar-refractivity contribution in [3.63, 3.8) is 0 Å². The number of hydrogen-bond acceptors (Lipinski definition) is 6. The largest absolute Gasteiger partial charge is 0.462 e. The lowest BCUT2D eigenvalue weighted by Gasteiger charge is -2.18. The molecule has 0 aromatic heterocycles. The van der Waals surface area contributed by atoms with Crippen LogP contribution in [0.1, 0.15) is 278 Å². The van der Waals surface area contributed by atoms with E-state index in [0.717, 1.165) is 96.3 Å². The molecule has 0 radical (unpaired) electrons. The highest BCUT2D eigenvalue weighted by molar-refractivity contribution is 5.71. The lowest BCUT2D eigenvalue weighted by Crippen LogP contribution is -2.30. The smallest absolute Gasteiger partial charge is 0.306 e. The summed E-state index contributed by atoms with van der Waals surface area (Å²) in [7, 11) is 0. The molecule has 0 amide bonds. The van der Waals surface area contributed by atoms with Crippen LogP contribution in [-0.4, -0.2) is 37.2 Å². The van der Waals surface area contributed by atoms with Crippen LogP contribution < -0.4 is 0 Å². The van der Waals surface area contributed by atoms with E-state index >= 15 is 0 Å². The average Bonchev–Trinajstić information content (AvgIpc) is 3.28. The zero-order chi connectivity index (χ0) is 45.8. The molecule has 0 heterocycles. The SMILES string of the molecule is CC/C=C\C/C=C\C/C=C\CCCCCCCC(=O)O[C@@H](COC(=O)CCCCCCCCC/C=C\CCCCCCCCCC)COC(=O)CCCCCCCCCCCCC. The van der Waals surface area contributed by atoms with Gasteiger partial charge in [-0.3, -0.25) is 14.4 Å². The van der Waals surface area contributed by atoms with Crippen molar-refractivity contribution in [2.24, 2.45) is 0 Å². The maximum atomic E-state index is 12.8. The van der Waals surface area contributed by atoms with Crippen LogP contribution in [0.4, 0.5) is 0 Å². The third kappa shape index (κ3) is 50.2. The minimum absolute atomic E-state index is 0.0792.